The fourth-order valence-corrected chi connectivity index (χ4v) is 2.63. The molecule has 0 saturated heterocycles. The van der Waals surface area contributed by atoms with Gasteiger partial charge in [0.1, 0.15) is 5.58 Å². The minimum Gasteiger partial charge on any atom is -0.422 e. The van der Waals surface area contributed by atoms with Gasteiger partial charge >= 0.3 is 5.63 Å². The molecule has 0 saturated carbocycles. The molecule has 3 aromatic rings. The highest BCUT2D eigenvalue weighted by Crippen LogP contribution is 2.26. The highest BCUT2D eigenvalue weighted by molar-refractivity contribution is 6.19. The van der Waals surface area contributed by atoms with Crippen LogP contribution in [0, 0.1) is 0 Å². The van der Waals surface area contributed by atoms with Crippen molar-refractivity contribution < 1.29 is 4.42 Å². The second-order valence-corrected chi connectivity index (χ2v) is 5.39. The van der Waals surface area contributed by atoms with Crippen LogP contribution in [0.25, 0.3) is 21.7 Å². The monoisotopic (exact) mass is 325 g/mol. The molecule has 0 aliphatic rings. The SMILES string of the molecule is C/C=C\C=C(/CCl)Nc1ccc2oc(=O)c3ccccc3c2c1. The third-order valence-corrected chi connectivity index (χ3v) is 3.85. The lowest BCUT2D eigenvalue weighted by molar-refractivity contribution is 0.570. The predicted molar refractivity (Wildman–Crippen MR) is 97.2 cm³/mol. The molecule has 3 rings (SSSR count). The molecule has 23 heavy (non-hydrogen) atoms. The van der Waals surface area contributed by atoms with Gasteiger partial charge in [0.15, 0.2) is 0 Å². The Hall–Kier alpha value is -2.52. The number of alkyl halides is 1. The Kier molecular flexibility index (Phi) is 4.49. The number of hydrogen-bond donors (Lipinski definition) is 1. The lowest BCUT2D eigenvalue weighted by Gasteiger charge is -2.09. The van der Waals surface area contributed by atoms with Crippen molar-refractivity contribution in [1.29, 1.82) is 0 Å². The van der Waals surface area contributed by atoms with Crippen LogP contribution in [-0.2, 0) is 0 Å². The Bertz CT molecular complexity index is 970. The van der Waals surface area contributed by atoms with E-state index >= 15 is 0 Å². The van der Waals surface area contributed by atoms with E-state index in [1.165, 1.54) is 0 Å². The van der Waals surface area contributed by atoms with Crippen LogP contribution in [0.2, 0.25) is 0 Å². The molecule has 116 valence electrons. The van der Waals surface area contributed by atoms with Gasteiger partial charge in [-0.3, -0.25) is 0 Å². The fraction of sp³-hybridized carbons (Fsp3) is 0.105. The molecular formula is C19H16ClNO2. The summed E-state index contributed by atoms with van der Waals surface area (Å²) in [4.78, 5) is 12.0. The zero-order valence-corrected chi connectivity index (χ0v) is 13.4. The van der Waals surface area contributed by atoms with Gasteiger partial charge in [-0.15, -0.1) is 11.6 Å². The molecule has 0 unspecified atom stereocenters. The van der Waals surface area contributed by atoms with Crippen LogP contribution >= 0.6 is 11.6 Å². The Balaban J connectivity index is 2.13. The van der Waals surface area contributed by atoms with E-state index in [1.807, 2.05) is 55.5 Å². The molecule has 3 nitrogen and oxygen atoms in total. The van der Waals surface area contributed by atoms with E-state index in [0.29, 0.717) is 16.8 Å². The van der Waals surface area contributed by atoms with Crippen LogP contribution in [0.15, 0.2) is 75.6 Å². The number of allylic oxidation sites excluding steroid dienone is 4. The van der Waals surface area contributed by atoms with Crippen LogP contribution < -0.4 is 10.9 Å². The first kappa shape index (κ1) is 15.4. The van der Waals surface area contributed by atoms with Gasteiger partial charge in [-0.2, -0.15) is 0 Å². The third-order valence-electron chi connectivity index (χ3n) is 3.56. The van der Waals surface area contributed by atoms with Gasteiger partial charge < -0.3 is 9.73 Å². The average molecular weight is 326 g/mol. The Labute approximate surface area is 138 Å². The van der Waals surface area contributed by atoms with E-state index < -0.39 is 0 Å². The molecule has 4 heteroatoms. The molecule has 0 bridgehead atoms. The molecule has 1 N–H and O–H groups in total. The van der Waals surface area contributed by atoms with Crippen molar-refractivity contribution in [1.82, 2.24) is 0 Å². The highest BCUT2D eigenvalue weighted by Gasteiger charge is 2.07. The van der Waals surface area contributed by atoms with Crippen LogP contribution in [-0.4, -0.2) is 5.88 Å². The summed E-state index contributed by atoms with van der Waals surface area (Å²) in [5, 5.41) is 5.65. The van der Waals surface area contributed by atoms with Crippen LogP contribution in [0.5, 0.6) is 0 Å². The summed E-state index contributed by atoms with van der Waals surface area (Å²) < 4.78 is 5.39. The van der Waals surface area contributed by atoms with Gasteiger partial charge in [-0.1, -0.05) is 30.4 Å². The van der Waals surface area contributed by atoms with Crippen LogP contribution in [0.1, 0.15) is 6.92 Å². The molecule has 1 aromatic heterocycles. The third kappa shape index (κ3) is 3.15. The lowest BCUT2D eigenvalue weighted by Crippen LogP contribution is -2.02. The van der Waals surface area contributed by atoms with Crippen molar-refractivity contribution in [2.75, 3.05) is 11.2 Å². The standard InChI is InChI=1S/C19H16ClNO2/c1-2-3-6-14(12-20)21-13-9-10-18-17(11-13)15-7-4-5-8-16(15)19(22)23-18/h2-11,21H,12H2,1H3/b3-2-,14-6+. The molecule has 1 heterocycles. The van der Waals surface area contributed by atoms with E-state index in [4.69, 9.17) is 16.0 Å². The summed E-state index contributed by atoms with van der Waals surface area (Å²) in [5.74, 6) is 0.382. The number of hydrogen-bond acceptors (Lipinski definition) is 3. The van der Waals surface area contributed by atoms with Gasteiger partial charge in [0.25, 0.3) is 0 Å². The summed E-state index contributed by atoms with van der Waals surface area (Å²) in [6.07, 6.45) is 5.80. The largest absolute Gasteiger partial charge is 0.422 e. The highest BCUT2D eigenvalue weighted by atomic mass is 35.5. The van der Waals surface area contributed by atoms with Crippen molar-refractivity contribution in [3.05, 3.63) is 76.8 Å². The number of rotatable bonds is 4. The van der Waals surface area contributed by atoms with Crippen molar-refractivity contribution in [2.24, 2.45) is 0 Å². The van der Waals surface area contributed by atoms with Crippen molar-refractivity contribution in [3.63, 3.8) is 0 Å². The molecule has 0 aliphatic carbocycles. The summed E-state index contributed by atoms with van der Waals surface area (Å²) in [6, 6.07) is 13.1. The molecule has 0 fully saturated rings. The Morgan fingerprint density at radius 1 is 1.17 bits per heavy atom. The number of fused-ring (bicyclic) bond motifs is 3. The lowest BCUT2D eigenvalue weighted by atomic mass is 10.1. The molecule has 0 amide bonds. The van der Waals surface area contributed by atoms with E-state index in [0.717, 1.165) is 22.2 Å². The summed E-state index contributed by atoms with van der Waals surface area (Å²) in [6.45, 7) is 1.95. The van der Waals surface area contributed by atoms with E-state index in [-0.39, 0.29) is 5.63 Å². The molecule has 0 aliphatic heterocycles. The quantitative estimate of drug-likeness (QED) is 0.315. The zero-order valence-electron chi connectivity index (χ0n) is 12.7. The smallest absolute Gasteiger partial charge is 0.344 e. The number of benzene rings is 2. The molecule has 2 aromatic carbocycles. The normalized spacial score (nSPS) is 12.3. The van der Waals surface area contributed by atoms with Crippen molar-refractivity contribution >= 4 is 39.0 Å². The Morgan fingerprint density at radius 3 is 2.70 bits per heavy atom. The van der Waals surface area contributed by atoms with Crippen LogP contribution in [0.3, 0.4) is 0 Å². The summed E-state index contributed by atoms with van der Waals surface area (Å²) in [7, 11) is 0. The number of nitrogens with one attached hydrogen (secondary N) is 1. The maximum Gasteiger partial charge on any atom is 0.344 e. The van der Waals surface area contributed by atoms with Gasteiger partial charge in [0.2, 0.25) is 0 Å². The maximum atomic E-state index is 12.0. The first-order valence-electron chi connectivity index (χ1n) is 7.33. The van der Waals surface area contributed by atoms with Crippen molar-refractivity contribution in [2.45, 2.75) is 6.92 Å². The number of anilines is 1. The predicted octanol–water partition coefficient (Wildman–Crippen LogP) is 5.06. The minimum atomic E-state index is -0.316. The second-order valence-electron chi connectivity index (χ2n) is 5.12. The minimum absolute atomic E-state index is 0.316. The van der Waals surface area contributed by atoms with Gasteiger partial charge in [0.05, 0.1) is 11.3 Å². The second kappa shape index (κ2) is 6.71. The number of halogens is 1. The molecule has 0 radical (unpaired) electrons. The maximum absolute atomic E-state index is 12.0. The van der Waals surface area contributed by atoms with E-state index in [9.17, 15) is 4.79 Å². The zero-order chi connectivity index (χ0) is 16.2. The van der Waals surface area contributed by atoms with Gasteiger partial charge in [-0.25, -0.2) is 4.79 Å². The van der Waals surface area contributed by atoms with Gasteiger partial charge in [-0.05, 0) is 42.7 Å². The molecular weight excluding hydrogens is 310 g/mol. The summed E-state index contributed by atoms with van der Waals surface area (Å²) in [5.41, 5.74) is 2.05. The topological polar surface area (TPSA) is 42.2 Å². The van der Waals surface area contributed by atoms with E-state index in [1.54, 1.807) is 12.1 Å². The first-order chi connectivity index (χ1) is 11.2. The molecule has 0 atom stereocenters. The molecule has 0 spiro atoms. The van der Waals surface area contributed by atoms with Gasteiger partial charge in [0, 0.05) is 16.8 Å². The van der Waals surface area contributed by atoms with E-state index in [2.05, 4.69) is 5.32 Å². The fourth-order valence-electron chi connectivity index (χ4n) is 2.48. The average Bonchev–Trinajstić information content (AvgIpc) is 2.59. The Morgan fingerprint density at radius 2 is 1.96 bits per heavy atom. The summed E-state index contributed by atoms with van der Waals surface area (Å²) >= 11 is 5.96. The first-order valence-corrected chi connectivity index (χ1v) is 7.87. The van der Waals surface area contributed by atoms with Crippen LogP contribution in [0.4, 0.5) is 5.69 Å². The van der Waals surface area contributed by atoms with Crippen molar-refractivity contribution in [3.8, 4) is 0 Å².